The maximum Gasteiger partial charge on any atom is 0.307 e. The molecule has 2 aliphatic rings. The third kappa shape index (κ3) is 4.47. The number of piperidine rings is 1. The first kappa shape index (κ1) is 15.3. The lowest BCUT2D eigenvalue weighted by molar-refractivity contribution is -0.144. The van der Waals surface area contributed by atoms with Crippen LogP contribution < -0.4 is 5.32 Å². The minimum Gasteiger partial charge on any atom is -0.481 e. The summed E-state index contributed by atoms with van der Waals surface area (Å²) < 4.78 is 0. The number of carbonyl (C=O) groups is 2. The van der Waals surface area contributed by atoms with Gasteiger partial charge in [0.2, 0.25) is 5.91 Å². The van der Waals surface area contributed by atoms with Crippen molar-refractivity contribution in [1.82, 2.24) is 10.2 Å². The predicted octanol–water partition coefficient (Wildman–Crippen LogP) is 1.48. The van der Waals surface area contributed by atoms with E-state index in [4.69, 9.17) is 5.11 Å². The molecule has 1 saturated carbocycles. The van der Waals surface area contributed by atoms with E-state index in [0.717, 1.165) is 38.1 Å². The van der Waals surface area contributed by atoms with Gasteiger partial charge in [-0.15, -0.1) is 0 Å². The van der Waals surface area contributed by atoms with Gasteiger partial charge in [-0.2, -0.15) is 0 Å². The molecule has 1 saturated heterocycles. The van der Waals surface area contributed by atoms with Crippen LogP contribution in [0.5, 0.6) is 0 Å². The third-order valence-electron chi connectivity index (χ3n) is 4.60. The smallest absolute Gasteiger partial charge is 0.307 e. The first-order valence-electron chi connectivity index (χ1n) is 7.79. The number of amides is 1. The standard InChI is InChI=1S/C15H26N2O3/c1-11-4-6-13(7-5-11)16-14(18)10-17-8-2-3-12(9-17)15(19)20/h11-13H,2-10H2,1H3,(H,16,18)(H,19,20). The Labute approximate surface area is 120 Å². The highest BCUT2D eigenvalue weighted by Gasteiger charge is 2.27. The number of hydrogen-bond donors (Lipinski definition) is 2. The Morgan fingerprint density at radius 3 is 2.55 bits per heavy atom. The van der Waals surface area contributed by atoms with Crippen LogP contribution in [0.15, 0.2) is 0 Å². The van der Waals surface area contributed by atoms with Gasteiger partial charge in [-0.1, -0.05) is 6.92 Å². The zero-order chi connectivity index (χ0) is 14.5. The summed E-state index contributed by atoms with van der Waals surface area (Å²) in [4.78, 5) is 25.0. The van der Waals surface area contributed by atoms with Gasteiger partial charge in [0.1, 0.15) is 0 Å². The van der Waals surface area contributed by atoms with Crippen LogP contribution in [0.2, 0.25) is 0 Å². The topological polar surface area (TPSA) is 69.6 Å². The van der Waals surface area contributed by atoms with Crippen LogP contribution in [0.25, 0.3) is 0 Å². The normalized spacial score (nSPS) is 31.8. The molecule has 1 atom stereocenters. The van der Waals surface area contributed by atoms with Crippen molar-refractivity contribution < 1.29 is 14.7 Å². The minimum atomic E-state index is -0.739. The SMILES string of the molecule is CC1CCC(NC(=O)CN2CCCC(C(=O)O)C2)CC1. The van der Waals surface area contributed by atoms with E-state index in [1.807, 2.05) is 4.90 Å². The highest BCUT2D eigenvalue weighted by Crippen LogP contribution is 2.23. The summed E-state index contributed by atoms with van der Waals surface area (Å²) >= 11 is 0. The fraction of sp³-hybridized carbons (Fsp3) is 0.867. The summed E-state index contributed by atoms with van der Waals surface area (Å²) in [6.07, 6.45) is 6.12. The lowest BCUT2D eigenvalue weighted by Gasteiger charge is -2.31. The fourth-order valence-electron chi connectivity index (χ4n) is 3.28. The van der Waals surface area contributed by atoms with E-state index in [1.54, 1.807) is 0 Å². The molecule has 5 heteroatoms. The Balaban J connectivity index is 1.72. The Morgan fingerprint density at radius 2 is 1.90 bits per heavy atom. The van der Waals surface area contributed by atoms with Crippen molar-refractivity contribution >= 4 is 11.9 Å². The molecule has 0 spiro atoms. The number of aliphatic carboxylic acids is 1. The zero-order valence-corrected chi connectivity index (χ0v) is 12.3. The van der Waals surface area contributed by atoms with Gasteiger partial charge in [0.25, 0.3) is 0 Å². The van der Waals surface area contributed by atoms with Gasteiger partial charge in [0, 0.05) is 12.6 Å². The monoisotopic (exact) mass is 282 g/mol. The first-order valence-corrected chi connectivity index (χ1v) is 7.79. The van der Waals surface area contributed by atoms with Gasteiger partial charge in [-0.05, 0) is 51.0 Å². The lowest BCUT2D eigenvalue weighted by atomic mass is 9.87. The lowest BCUT2D eigenvalue weighted by Crippen LogP contribution is -2.47. The molecule has 20 heavy (non-hydrogen) atoms. The van der Waals surface area contributed by atoms with Crippen LogP contribution in [-0.2, 0) is 9.59 Å². The summed E-state index contributed by atoms with van der Waals surface area (Å²) in [5.41, 5.74) is 0. The Kier molecular flexibility index (Phi) is 5.40. The molecule has 0 aromatic heterocycles. The zero-order valence-electron chi connectivity index (χ0n) is 12.3. The molecule has 0 radical (unpaired) electrons. The molecule has 5 nitrogen and oxygen atoms in total. The van der Waals surface area contributed by atoms with E-state index in [1.165, 1.54) is 12.8 Å². The molecule has 1 amide bonds. The maximum atomic E-state index is 12.0. The molecule has 2 rings (SSSR count). The molecule has 0 aromatic carbocycles. The van der Waals surface area contributed by atoms with E-state index < -0.39 is 5.97 Å². The molecular weight excluding hydrogens is 256 g/mol. The van der Waals surface area contributed by atoms with Crippen molar-refractivity contribution in [2.45, 2.75) is 51.5 Å². The summed E-state index contributed by atoms with van der Waals surface area (Å²) in [6.45, 7) is 3.94. The summed E-state index contributed by atoms with van der Waals surface area (Å²) in [6, 6.07) is 0.318. The van der Waals surface area contributed by atoms with Gasteiger partial charge in [0.05, 0.1) is 12.5 Å². The second kappa shape index (κ2) is 7.07. The van der Waals surface area contributed by atoms with Crippen LogP contribution in [0.4, 0.5) is 0 Å². The number of nitrogens with one attached hydrogen (secondary N) is 1. The van der Waals surface area contributed by atoms with E-state index in [9.17, 15) is 9.59 Å². The van der Waals surface area contributed by atoms with Crippen LogP contribution >= 0.6 is 0 Å². The van der Waals surface area contributed by atoms with Crippen molar-refractivity contribution in [3.8, 4) is 0 Å². The van der Waals surface area contributed by atoms with Gasteiger partial charge in [-0.3, -0.25) is 14.5 Å². The van der Waals surface area contributed by atoms with Crippen LogP contribution in [-0.4, -0.2) is 47.6 Å². The highest BCUT2D eigenvalue weighted by molar-refractivity contribution is 5.78. The number of carboxylic acid groups (broad SMARTS) is 1. The van der Waals surface area contributed by atoms with E-state index in [2.05, 4.69) is 12.2 Å². The predicted molar refractivity (Wildman–Crippen MR) is 76.4 cm³/mol. The van der Waals surface area contributed by atoms with Crippen LogP contribution in [0.1, 0.15) is 45.4 Å². The highest BCUT2D eigenvalue weighted by atomic mass is 16.4. The average Bonchev–Trinajstić information content (AvgIpc) is 2.41. The number of rotatable bonds is 4. The van der Waals surface area contributed by atoms with Crippen molar-refractivity contribution in [2.24, 2.45) is 11.8 Å². The molecule has 1 aliphatic carbocycles. The third-order valence-corrected chi connectivity index (χ3v) is 4.60. The van der Waals surface area contributed by atoms with E-state index >= 15 is 0 Å². The second-order valence-electron chi connectivity index (χ2n) is 6.44. The number of hydrogen-bond acceptors (Lipinski definition) is 3. The molecule has 1 heterocycles. The van der Waals surface area contributed by atoms with Gasteiger partial charge in [0.15, 0.2) is 0 Å². The summed E-state index contributed by atoms with van der Waals surface area (Å²) in [5.74, 6) is -0.222. The molecule has 1 unspecified atom stereocenters. The minimum absolute atomic E-state index is 0.0515. The summed E-state index contributed by atoms with van der Waals surface area (Å²) in [7, 11) is 0. The number of nitrogens with zero attached hydrogens (tertiary/aromatic N) is 1. The quantitative estimate of drug-likeness (QED) is 0.819. The van der Waals surface area contributed by atoms with E-state index in [-0.39, 0.29) is 11.8 Å². The number of likely N-dealkylation sites (tertiary alicyclic amines) is 1. The first-order chi connectivity index (χ1) is 9.54. The van der Waals surface area contributed by atoms with Gasteiger partial charge in [-0.25, -0.2) is 0 Å². The Hall–Kier alpha value is -1.10. The van der Waals surface area contributed by atoms with E-state index in [0.29, 0.717) is 19.1 Å². The molecule has 0 bridgehead atoms. The Morgan fingerprint density at radius 1 is 1.20 bits per heavy atom. The molecule has 0 aromatic rings. The number of carboxylic acids is 1. The molecular formula is C15H26N2O3. The van der Waals surface area contributed by atoms with Crippen molar-refractivity contribution in [3.05, 3.63) is 0 Å². The largest absolute Gasteiger partial charge is 0.481 e. The Bertz CT molecular complexity index is 351. The van der Waals surface area contributed by atoms with Crippen LogP contribution in [0, 0.1) is 11.8 Å². The van der Waals surface area contributed by atoms with Crippen molar-refractivity contribution in [3.63, 3.8) is 0 Å². The summed E-state index contributed by atoms with van der Waals surface area (Å²) in [5, 5.41) is 12.2. The molecule has 2 N–H and O–H groups in total. The second-order valence-corrected chi connectivity index (χ2v) is 6.44. The average molecular weight is 282 g/mol. The molecule has 114 valence electrons. The number of carbonyl (C=O) groups excluding carboxylic acids is 1. The van der Waals surface area contributed by atoms with Crippen LogP contribution in [0.3, 0.4) is 0 Å². The van der Waals surface area contributed by atoms with Gasteiger partial charge < -0.3 is 10.4 Å². The van der Waals surface area contributed by atoms with Crippen molar-refractivity contribution in [1.29, 1.82) is 0 Å². The fourth-order valence-corrected chi connectivity index (χ4v) is 3.28. The molecule has 1 aliphatic heterocycles. The van der Waals surface area contributed by atoms with Gasteiger partial charge >= 0.3 is 5.97 Å². The van der Waals surface area contributed by atoms with Crippen molar-refractivity contribution in [2.75, 3.05) is 19.6 Å². The molecule has 2 fully saturated rings. The maximum absolute atomic E-state index is 12.0.